The molecule has 0 fully saturated rings. The molecule has 0 spiro atoms. The summed E-state index contributed by atoms with van der Waals surface area (Å²) in [6.45, 7) is 2.06. The first kappa shape index (κ1) is 19.6. The van der Waals surface area contributed by atoms with Crippen molar-refractivity contribution in [1.29, 1.82) is 0 Å². The SMILES string of the molecule is CC[C@H](NC(=O)c1c(OC)c(-c2ccccc2)nc2ccccc12)c1ccccc1. The lowest BCUT2D eigenvalue weighted by Gasteiger charge is -2.20. The Hall–Kier alpha value is -3.66. The van der Waals surface area contributed by atoms with Crippen LogP contribution in [0.25, 0.3) is 22.2 Å². The van der Waals surface area contributed by atoms with Crippen LogP contribution in [0, 0.1) is 0 Å². The van der Waals surface area contributed by atoms with Gasteiger partial charge in [-0.1, -0.05) is 85.8 Å². The van der Waals surface area contributed by atoms with Crippen LogP contribution in [0.4, 0.5) is 0 Å². The van der Waals surface area contributed by atoms with Crippen molar-refractivity contribution in [3.8, 4) is 17.0 Å². The van der Waals surface area contributed by atoms with Crippen LogP contribution in [0.1, 0.15) is 35.3 Å². The molecule has 1 aromatic heterocycles. The third-order valence-electron chi connectivity index (χ3n) is 5.24. The summed E-state index contributed by atoms with van der Waals surface area (Å²) < 4.78 is 5.76. The van der Waals surface area contributed by atoms with Crippen molar-refractivity contribution in [2.75, 3.05) is 7.11 Å². The minimum Gasteiger partial charge on any atom is -0.494 e. The molecule has 1 N–H and O–H groups in total. The Labute approximate surface area is 176 Å². The monoisotopic (exact) mass is 396 g/mol. The summed E-state index contributed by atoms with van der Waals surface area (Å²) in [5.74, 6) is 0.318. The number of ether oxygens (including phenoxy) is 1. The van der Waals surface area contributed by atoms with E-state index in [4.69, 9.17) is 9.72 Å². The van der Waals surface area contributed by atoms with Crippen LogP contribution >= 0.6 is 0 Å². The number of benzene rings is 3. The minimum absolute atomic E-state index is 0.0875. The van der Waals surface area contributed by atoms with Crippen LogP contribution in [-0.4, -0.2) is 18.0 Å². The Morgan fingerprint density at radius 1 is 0.933 bits per heavy atom. The molecule has 4 rings (SSSR count). The van der Waals surface area contributed by atoms with Crippen LogP contribution in [0.5, 0.6) is 5.75 Å². The van der Waals surface area contributed by atoms with Gasteiger partial charge in [-0.05, 0) is 18.1 Å². The average Bonchev–Trinajstić information content (AvgIpc) is 2.82. The number of carbonyl (C=O) groups is 1. The molecule has 0 unspecified atom stereocenters. The van der Waals surface area contributed by atoms with Gasteiger partial charge in [-0.2, -0.15) is 0 Å². The van der Waals surface area contributed by atoms with E-state index < -0.39 is 0 Å². The predicted molar refractivity (Wildman–Crippen MR) is 121 cm³/mol. The first-order valence-corrected chi connectivity index (χ1v) is 10.1. The van der Waals surface area contributed by atoms with Gasteiger partial charge >= 0.3 is 0 Å². The Morgan fingerprint density at radius 3 is 2.23 bits per heavy atom. The van der Waals surface area contributed by atoms with Crippen molar-refractivity contribution in [1.82, 2.24) is 10.3 Å². The van der Waals surface area contributed by atoms with Crippen molar-refractivity contribution in [3.63, 3.8) is 0 Å². The number of hydrogen-bond acceptors (Lipinski definition) is 3. The van der Waals surface area contributed by atoms with Crippen molar-refractivity contribution < 1.29 is 9.53 Å². The Bertz CT molecular complexity index is 1160. The number of pyridine rings is 1. The molecule has 3 aromatic carbocycles. The molecule has 0 saturated carbocycles. The van der Waals surface area contributed by atoms with E-state index >= 15 is 0 Å². The summed E-state index contributed by atoms with van der Waals surface area (Å²) in [5.41, 5.74) is 3.92. The molecule has 4 heteroatoms. The lowest BCUT2D eigenvalue weighted by atomic mass is 10.00. The Balaban J connectivity index is 1.85. The third-order valence-corrected chi connectivity index (χ3v) is 5.24. The summed E-state index contributed by atoms with van der Waals surface area (Å²) in [4.78, 5) is 18.4. The van der Waals surface area contributed by atoms with E-state index in [0.29, 0.717) is 17.0 Å². The highest BCUT2D eigenvalue weighted by Crippen LogP contribution is 2.36. The molecule has 0 saturated heterocycles. The highest BCUT2D eigenvalue weighted by molar-refractivity contribution is 6.10. The largest absolute Gasteiger partial charge is 0.494 e. The molecule has 0 aliphatic carbocycles. The van der Waals surface area contributed by atoms with Crippen LogP contribution in [0.15, 0.2) is 84.9 Å². The fraction of sp³-hybridized carbons (Fsp3) is 0.154. The van der Waals surface area contributed by atoms with Gasteiger partial charge in [0.25, 0.3) is 5.91 Å². The van der Waals surface area contributed by atoms with E-state index in [0.717, 1.165) is 28.5 Å². The van der Waals surface area contributed by atoms with E-state index in [1.165, 1.54) is 0 Å². The van der Waals surface area contributed by atoms with E-state index in [2.05, 4.69) is 12.2 Å². The molecule has 1 heterocycles. The average molecular weight is 396 g/mol. The quantitative estimate of drug-likeness (QED) is 0.449. The van der Waals surface area contributed by atoms with Gasteiger partial charge in [0.1, 0.15) is 5.69 Å². The molecular formula is C26H24N2O2. The smallest absolute Gasteiger partial charge is 0.256 e. The zero-order valence-corrected chi connectivity index (χ0v) is 17.1. The maximum atomic E-state index is 13.5. The number of nitrogens with zero attached hydrogens (tertiary/aromatic N) is 1. The summed E-state index contributed by atoms with van der Waals surface area (Å²) >= 11 is 0. The first-order valence-electron chi connectivity index (χ1n) is 10.1. The van der Waals surface area contributed by atoms with Gasteiger partial charge in [0.2, 0.25) is 0 Å². The van der Waals surface area contributed by atoms with Gasteiger partial charge in [-0.3, -0.25) is 4.79 Å². The van der Waals surface area contributed by atoms with Gasteiger partial charge in [-0.25, -0.2) is 4.98 Å². The molecule has 30 heavy (non-hydrogen) atoms. The van der Waals surface area contributed by atoms with E-state index in [1.54, 1.807) is 7.11 Å². The molecule has 0 bridgehead atoms. The number of fused-ring (bicyclic) bond motifs is 1. The number of nitrogens with one attached hydrogen (secondary N) is 1. The second-order valence-electron chi connectivity index (χ2n) is 7.10. The number of amides is 1. The lowest BCUT2D eigenvalue weighted by molar-refractivity contribution is 0.0934. The molecule has 150 valence electrons. The summed E-state index contributed by atoms with van der Waals surface area (Å²) in [7, 11) is 1.59. The number of aromatic nitrogens is 1. The van der Waals surface area contributed by atoms with Gasteiger partial charge in [0.15, 0.2) is 5.75 Å². The van der Waals surface area contributed by atoms with Gasteiger partial charge in [0, 0.05) is 10.9 Å². The van der Waals surface area contributed by atoms with Gasteiger partial charge in [0.05, 0.1) is 24.2 Å². The second kappa shape index (κ2) is 8.78. The summed E-state index contributed by atoms with van der Waals surface area (Å²) in [6, 6.07) is 27.4. The van der Waals surface area contributed by atoms with E-state index in [9.17, 15) is 4.79 Å². The van der Waals surface area contributed by atoms with Crippen LogP contribution in [0.2, 0.25) is 0 Å². The first-order chi connectivity index (χ1) is 14.7. The van der Waals surface area contributed by atoms with Gasteiger partial charge < -0.3 is 10.1 Å². The molecule has 0 radical (unpaired) electrons. The Morgan fingerprint density at radius 2 is 1.57 bits per heavy atom. The highest BCUT2D eigenvalue weighted by Gasteiger charge is 2.24. The maximum Gasteiger partial charge on any atom is 0.256 e. The van der Waals surface area contributed by atoms with E-state index in [1.807, 2.05) is 84.9 Å². The normalized spacial score (nSPS) is 11.8. The number of carbonyl (C=O) groups excluding carboxylic acids is 1. The molecule has 4 aromatic rings. The number of hydrogen-bond donors (Lipinski definition) is 1. The molecule has 1 amide bonds. The molecule has 4 nitrogen and oxygen atoms in total. The summed E-state index contributed by atoms with van der Waals surface area (Å²) in [5, 5.41) is 3.97. The summed E-state index contributed by atoms with van der Waals surface area (Å²) in [6.07, 6.45) is 0.784. The maximum absolute atomic E-state index is 13.5. The predicted octanol–water partition coefficient (Wildman–Crippen LogP) is 5.79. The zero-order valence-electron chi connectivity index (χ0n) is 17.1. The molecule has 0 aliphatic rings. The zero-order chi connectivity index (χ0) is 20.9. The fourth-order valence-electron chi connectivity index (χ4n) is 3.75. The topological polar surface area (TPSA) is 51.2 Å². The highest BCUT2D eigenvalue weighted by atomic mass is 16.5. The van der Waals surface area contributed by atoms with Crippen molar-refractivity contribution in [2.45, 2.75) is 19.4 Å². The van der Waals surface area contributed by atoms with E-state index in [-0.39, 0.29) is 11.9 Å². The third kappa shape index (κ3) is 3.77. The minimum atomic E-state index is -0.168. The van der Waals surface area contributed by atoms with Gasteiger partial charge in [-0.15, -0.1) is 0 Å². The number of para-hydroxylation sites is 1. The molecule has 0 aliphatic heterocycles. The molecular weight excluding hydrogens is 372 g/mol. The van der Waals surface area contributed by atoms with Crippen molar-refractivity contribution >= 4 is 16.8 Å². The van der Waals surface area contributed by atoms with Crippen LogP contribution in [0.3, 0.4) is 0 Å². The second-order valence-corrected chi connectivity index (χ2v) is 7.10. The Kier molecular flexibility index (Phi) is 5.75. The number of methoxy groups -OCH3 is 1. The lowest BCUT2D eigenvalue weighted by Crippen LogP contribution is -2.29. The molecule has 1 atom stereocenters. The fourth-order valence-corrected chi connectivity index (χ4v) is 3.75. The van der Waals surface area contributed by atoms with Crippen molar-refractivity contribution in [2.24, 2.45) is 0 Å². The standard InChI is InChI=1S/C26H24N2O2/c1-3-21(18-12-6-4-7-13-18)28-26(29)23-20-16-10-11-17-22(20)27-24(25(23)30-2)19-14-8-5-9-15-19/h4-17,21H,3H2,1-2H3,(H,28,29)/t21-/m0/s1. The number of rotatable bonds is 6. The van der Waals surface area contributed by atoms with Crippen LogP contribution in [-0.2, 0) is 0 Å². The van der Waals surface area contributed by atoms with Crippen LogP contribution < -0.4 is 10.1 Å². The van der Waals surface area contributed by atoms with Crippen molar-refractivity contribution in [3.05, 3.63) is 96.1 Å².